The van der Waals surface area contributed by atoms with Crippen LogP contribution < -0.4 is 88.4 Å². The molecule has 7 amide bonds. The fraction of sp³-hybridized carbons (Fsp3) is 0.184. The van der Waals surface area contributed by atoms with Gasteiger partial charge in [0, 0.05) is 69.1 Å². The summed E-state index contributed by atoms with van der Waals surface area (Å²) in [5.41, 5.74) is 47.7. The van der Waals surface area contributed by atoms with Gasteiger partial charge in [0.25, 0.3) is 11.8 Å². The van der Waals surface area contributed by atoms with Crippen molar-refractivity contribution in [3.8, 4) is 18.2 Å². The van der Waals surface area contributed by atoms with Crippen LogP contribution in [-0.4, -0.2) is 123 Å². The number of benzene rings is 4. The van der Waals surface area contributed by atoms with Gasteiger partial charge in [0.2, 0.25) is 29.5 Å². The average Bonchev–Trinajstić information content (AvgIpc) is 0.806. The van der Waals surface area contributed by atoms with Crippen molar-refractivity contribution in [3.63, 3.8) is 0 Å². The first-order valence-electron chi connectivity index (χ1n) is 39.0. The van der Waals surface area contributed by atoms with Crippen LogP contribution in [0.4, 0.5) is 85.4 Å². The number of anilines is 11. The quantitative estimate of drug-likeness (QED) is 0.0129. The van der Waals surface area contributed by atoms with Gasteiger partial charge in [0.15, 0.2) is 63.3 Å². The molecule has 9 heterocycles. The molecular formula is C87H86Cl3F5N28O7. The van der Waals surface area contributed by atoms with Crippen molar-refractivity contribution < 1.29 is 55.5 Å². The number of pyridine rings is 9. The Morgan fingerprint density at radius 2 is 0.631 bits per heavy atom. The van der Waals surface area contributed by atoms with Crippen molar-refractivity contribution in [1.29, 1.82) is 15.8 Å². The molecule has 13 aromatic rings. The van der Waals surface area contributed by atoms with Crippen LogP contribution in [0.5, 0.6) is 0 Å². The molecule has 0 bridgehead atoms. The monoisotopic (exact) mass is 1830 g/mol. The molecule has 0 saturated heterocycles. The minimum absolute atomic E-state index is 0.0198. The number of nitriles is 3. The minimum Gasteiger partial charge on any atom is -0.399 e. The van der Waals surface area contributed by atoms with E-state index < -0.39 is 88.7 Å². The smallest absolute Gasteiger partial charge is 0.252 e. The maximum absolute atomic E-state index is 14.4. The Balaban J connectivity index is 0.000000216. The van der Waals surface area contributed by atoms with Crippen LogP contribution in [0.25, 0.3) is 43.6 Å². The molecule has 13 rings (SSSR count). The Hall–Kier alpha value is -16.1. The summed E-state index contributed by atoms with van der Waals surface area (Å²) in [5.74, 6) is -8.88. The highest BCUT2D eigenvalue weighted by Gasteiger charge is 2.25. The lowest BCUT2D eigenvalue weighted by Gasteiger charge is -2.17. The van der Waals surface area contributed by atoms with E-state index in [4.69, 9.17) is 91.2 Å². The summed E-state index contributed by atoms with van der Waals surface area (Å²) in [5, 5.41) is 51.9. The fourth-order valence-corrected chi connectivity index (χ4v) is 11.9. The van der Waals surface area contributed by atoms with Gasteiger partial charge in [-0.15, -0.1) is 0 Å². The average molecular weight is 1840 g/mol. The van der Waals surface area contributed by atoms with Crippen molar-refractivity contribution >= 4 is 183 Å². The number of carbonyl (C=O) groups is 7. The molecule has 0 saturated carbocycles. The SMILES string of the molecule is CC[C@@H](NC)C(N)=O.CC[C@@H](Nc1nc(Cl)c(C#N)cc1F)C(N)=O.CC[C@@H](Nc1nc(Nc2ccc3cccnc3c2)c(C#N)cc1F)C(N)=O.CC[C@@H](Nc1nc(Nc2ccc3cccnc3c2)c(C(N)=O)cc1F)C(N)=O.CC[C@@H](Nc1nc(Nc2ccc3cccnc3c2)c(C(N)=O)cc1F)C(N)=O.N#Cc1cc(F)c(Cl)nc1Cl.Nc1ccc2cccnc2c1. The number of nitrogen functional groups attached to an aromatic ring is 1. The van der Waals surface area contributed by atoms with Gasteiger partial charge in [-0.05, 0) is 142 Å². The first-order valence-corrected chi connectivity index (χ1v) is 40.1. The number of carbonyl (C=O) groups excluding carboxylic acids is 7. The molecule has 0 aliphatic rings. The van der Waals surface area contributed by atoms with E-state index in [0.717, 1.165) is 86.1 Å². The van der Waals surface area contributed by atoms with E-state index in [9.17, 15) is 60.8 Å². The first-order chi connectivity index (χ1) is 62.0. The third-order valence-corrected chi connectivity index (χ3v) is 19.1. The third kappa shape index (κ3) is 29.0. The van der Waals surface area contributed by atoms with Crippen LogP contribution in [0, 0.1) is 63.1 Å². The third-order valence-electron chi connectivity index (χ3n) is 18.2. The molecule has 5 atom stereocenters. The number of aromatic nitrogens is 9. The number of amides is 7. The van der Waals surface area contributed by atoms with Crippen molar-refractivity contribution in [3.05, 3.63) is 249 Å². The Bertz CT molecular complexity index is 6260. The summed E-state index contributed by atoms with van der Waals surface area (Å²) in [6, 6.07) is 44.0. The Morgan fingerprint density at radius 3 is 0.938 bits per heavy atom. The van der Waals surface area contributed by atoms with E-state index in [1.165, 1.54) is 0 Å². The van der Waals surface area contributed by atoms with Gasteiger partial charge in [-0.2, -0.15) is 15.8 Å². The summed E-state index contributed by atoms with van der Waals surface area (Å²) in [6.45, 7) is 8.81. The first kappa shape index (κ1) is 101. The van der Waals surface area contributed by atoms with Crippen molar-refractivity contribution in [2.24, 2.45) is 40.1 Å². The van der Waals surface area contributed by atoms with Crippen molar-refractivity contribution in [2.45, 2.75) is 96.9 Å². The molecule has 0 radical (unpaired) electrons. The normalized spacial score (nSPS) is 11.5. The van der Waals surface area contributed by atoms with Gasteiger partial charge < -0.3 is 88.4 Å². The number of primary amides is 7. The molecule has 672 valence electrons. The molecule has 0 fully saturated rings. The maximum Gasteiger partial charge on any atom is 0.252 e. The number of nitrogens with zero attached hydrogens (tertiary/aromatic N) is 12. The Kier molecular flexibility index (Phi) is 38.1. The summed E-state index contributed by atoms with van der Waals surface area (Å²) >= 11 is 16.3. The topological polar surface area (TPSA) is 611 Å². The zero-order valence-electron chi connectivity index (χ0n) is 70.0. The summed E-state index contributed by atoms with van der Waals surface area (Å²) in [6.07, 6.45) is 8.96. The zero-order valence-corrected chi connectivity index (χ0v) is 72.3. The number of nitrogens with one attached hydrogen (secondary N) is 8. The summed E-state index contributed by atoms with van der Waals surface area (Å²) in [7, 11) is 1.72. The number of fused-ring (bicyclic) bond motifs is 4. The molecule has 24 N–H and O–H groups in total. The summed E-state index contributed by atoms with van der Waals surface area (Å²) < 4.78 is 69.0. The van der Waals surface area contributed by atoms with Crippen LogP contribution >= 0.6 is 34.8 Å². The molecule has 9 aromatic heterocycles. The van der Waals surface area contributed by atoms with E-state index in [1.54, 1.807) is 102 Å². The maximum atomic E-state index is 14.4. The van der Waals surface area contributed by atoms with E-state index in [0.29, 0.717) is 42.7 Å². The summed E-state index contributed by atoms with van der Waals surface area (Å²) in [4.78, 5) is 115. The minimum atomic E-state index is -0.846. The predicted molar refractivity (Wildman–Crippen MR) is 488 cm³/mol. The highest BCUT2D eigenvalue weighted by molar-refractivity contribution is 6.33. The molecule has 4 aromatic carbocycles. The van der Waals surface area contributed by atoms with E-state index in [2.05, 4.69) is 87.4 Å². The van der Waals surface area contributed by atoms with Gasteiger partial charge in [0.05, 0.1) is 55.9 Å². The van der Waals surface area contributed by atoms with E-state index in [-0.39, 0.29) is 96.0 Å². The van der Waals surface area contributed by atoms with Gasteiger partial charge >= 0.3 is 0 Å². The number of rotatable bonds is 27. The second kappa shape index (κ2) is 49.0. The number of hydrogen-bond acceptors (Lipinski definition) is 28. The number of halogens is 8. The second-order valence-corrected chi connectivity index (χ2v) is 28.3. The zero-order chi connectivity index (χ0) is 95.6. The molecule has 0 aliphatic carbocycles. The molecular weight excluding hydrogens is 1750 g/mol. The Labute approximate surface area is 754 Å². The van der Waals surface area contributed by atoms with Crippen molar-refractivity contribution in [1.82, 2.24) is 50.2 Å². The van der Waals surface area contributed by atoms with Crippen LogP contribution in [0.2, 0.25) is 15.5 Å². The van der Waals surface area contributed by atoms with Gasteiger partial charge in [-0.3, -0.25) is 53.5 Å². The Morgan fingerprint density at radius 1 is 0.346 bits per heavy atom. The lowest BCUT2D eigenvalue weighted by atomic mass is 10.1. The highest BCUT2D eigenvalue weighted by Crippen LogP contribution is 2.32. The molecule has 0 spiro atoms. The van der Waals surface area contributed by atoms with Crippen molar-refractivity contribution in [2.75, 3.05) is 50.0 Å². The molecule has 35 nitrogen and oxygen atoms in total. The van der Waals surface area contributed by atoms with Crippen LogP contribution in [0.15, 0.2) is 176 Å². The van der Waals surface area contributed by atoms with Gasteiger partial charge in [0.1, 0.15) is 64.3 Å². The second-order valence-electron chi connectivity index (χ2n) is 27.2. The highest BCUT2D eigenvalue weighted by atomic mass is 35.5. The van der Waals surface area contributed by atoms with Gasteiger partial charge in [-0.1, -0.05) is 118 Å². The number of nitrogens with two attached hydrogens (primary N) is 8. The largest absolute Gasteiger partial charge is 0.399 e. The molecule has 0 aliphatic heterocycles. The van der Waals surface area contributed by atoms with E-state index >= 15 is 0 Å². The molecule has 0 unspecified atom stereocenters. The molecule has 43 heteroatoms. The van der Waals surface area contributed by atoms with Crippen LogP contribution in [0.3, 0.4) is 0 Å². The lowest BCUT2D eigenvalue weighted by Crippen LogP contribution is -2.38. The number of hydrogen-bond donors (Lipinski definition) is 16. The van der Waals surface area contributed by atoms with Crippen LogP contribution in [-0.2, 0) is 24.0 Å². The molecule has 130 heavy (non-hydrogen) atoms. The predicted octanol–water partition coefficient (Wildman–Crippen LogP) is 12.7. The van der Waals surface area contributed by atoms with E-state index in [1.807, 2.05) is 104 Å². The number of likely N-dealkylation sites (N-methyl/N-ethyl adjacent to an activating group) is 1. The van der Waals surface area contributed by atoms with Gasteiger partial charge in [-0.25, -0.2) is 46.9 Å². The standard InChI is InChI=1S/2C19H19FN6O2.C19H17FN6O.C10H10ClFN4O.C9H8N2.C6HCl2FN2.C5H12N2O/c2*1-2-14(17(22)28)25-19-13(20)9-12(16(21)27)18(26-19)24-11-6-5-10-4-3-7-23-15(10)8-11;1-2-15(17(22)27)25-19-14(20)8-12(10-21)18(26-19)24-13-6-5-11-4-3-7-23-16(11)9-13;1-2-7(9(14)17)15-10-6(12)3-5(4-13)8(11)16-10;10-8-4-3-7-2-1-5-11-9(7)6-8;7-5-3(2-10)1-4(9)6(8)11-5;1-3-4(7-2)5(6)8/h2*3-9,14H,2H2,1H3,(H2,21,27)(H2,22,28)(H2,24,25,26);3-9,15H,2H2,1H3,(H2,22,27)(H2,24,25,26);3,7H,2H2,1H3,(H2,14,17)(H,15,16);1-6H,10H2;1H;4,7H,3H2,1-2H3,(H2,6,8)/t2*14-;15-;7-;;;4-/m1111..1/s1. The fourth-order valence-electron chi connectivity index (χ4n) is 11.3. The lowest BCUT2D eigenvalue weighted by molar-refractivity contribution is -0.120. The van der Waals surface area contributed by atoms with Crippen LogP contribution in [0.1, 0.15) is 104 Å².